The summed E-state index contributed by atoms with van der Waals surface area (Å²) in [6, 6.07) is 0. The molecule has 0 aromatic rings. The van der Waals surface area contributed by atoms with Crippen molar-refractivity contribution in [2.24, 2.45) is 0 Å². The topological polar surface area (TPSA) is 37.3 Å². The maximum absolute atomic E-state index is 10.2. The summed E-state index contributed by atoms with van der Waals surface area (Å²) in [6.45, 7) is 2.27. The summed E-state index contributed by atoms with van der Waals surface area (Å²) in [5.74, 6) is -0.834. The number of allylic oxidation sites excluding steroid dienone is 1. The fourth-order valence-corrected chi connectivity index (χ4v) is 2.46. The van der Waals surface area contributed by atoms with Crippen LogP contribution in [-0.2, 0) is 4.79 Å². The molecule has 0 saturated heterocycles. The Hall–Kier alpha value is 0.470. The molecule has 0 aliphatic carbocycles. The van der Waals surface area contributed by atoms with Crippen LogP contribution in [0.15, 0.2) is 12.2 Å². The van der Waals surface area contributed by atoms with Crippen LogP contribution in [0.4, 0.5) is 0 Å². The summed E-state index contributed by atoms with van der Waals surface area (Å²) >= 11 is 0. The van der Waals surface area contributed by atoms with Crippen LogP contribution in [0.5, 0.6) is 0 Å². The molecule has 21 heavy (non-hydrogen) atoms. The van der Waals surface area contributed by atoms with Gasteiger partial charge in [0.2, 0.25) is 0 Å². The maximum atomic E-state index is 10.2. The van der Waals surface area contributed by atoms with Gasteiger partial charge in [0.25, 0.3) is 0 Å². The largest absolute Gasteiger partial charge is 2.00 e. The van der Waals surface area contributed by atoms with Crippen LogP contribution in [0, 0.1) is 0 Å². The third kappa shape index (κ3) is 22.9. The average molecular weight is 325 g/mol. The first-order valence-corrected chi connectivity index (χ1v) is 8.67. The third-order valence-electron chi connectivity index (χ3n) is 3.73. The molecule has 0 amide bonds. The van der Waals surface area contributed by atoms with Crippen LogP contribution < -0.4 is 0 Å². The fraction of sp³-hybridized carbons (Fsp3) is 0.833. The Balaban J connectivity index is -0.000000602. The number of hydrogen-bond acceptors (Lipinski definition) is 1. The van der Waals surface area contributed by atoms with E-state index < -0.39 is 5.97 Å². The normalized spacial score (nSPS) is 10.7. The van der Waals surface area contributed by atoms with Crippen molar-refractivity contribution in [1.29, 1.82) is 0 Å². The van der Waals surface area contributed by atoms with Gasteiger partial charge in [0, 0.05) is 6.08 Å². The van der Waals surface area contributed by atoms with Crippen molar-refractivity contribution in [2.45, 2.75) is 96.8 Å². The standard InChI is InChI=1S/C18H34O2.Ca.2H/c1-2-3-4-5-6-7-8-9-10-11-12-13-14-15-16-17-18(19)20;;;/h16-17H,2-15H2,1H3,(H,19,20);;;/q;+2;2*-1. The molecule has 0 rings (SSSR count). The van der Waals surface area contributed by atoms with Gasteiger partial charge in [-0.3, -0.25) is 0 Å². The molecule has 0 bridgehead atoms. The zero-order valence-electron chi connectivity index (χ0n) is 16.1. The van der Waals surface area contributed by atoms with Crippen LogP contribution in [0.2, 0.25) is 0 Å². The summed E-state index contributed by atoms with van der Waals surface area (Å²) in [7, 11) is 0. The van der Waals surface area contributed by atoms with Crippen molar-refractivity contribution < 1.29 is 12.8 Å². The number of unbranched alkanes of at least 4 members (excludes halogenated alkanes) is 13. The Bertz CT molecular complexity index is 249. The molecule has 0 aromatic heterocycles. The number of rotatable bonds is 15. The van der Waals surface area contributed by atoms with Gasteiger partial charge < -0.3 is 7.96 Å². The number of carboxylic acid groups (broad SMARTS) is 1. The van der Waals surface area contributed by atoms with E-state index in [0.717, 1.165) is 12.8 Å². The molecule has 2 nitrogen and oxygen atoms in total. The van der Waals surface area contributed by atoms with E-state index in [9.17, 15) is 4.79 Å². The second kappa shape index (κ2) is 20.5. The maximum Gasteiger partial charge on any atom is 2.00 e. The SMILES string of the molecule is CCCCCCCCCCCCCCCC=CC(=O)O.[Ca+2].[H-].[H-]. The first kappa shape index (κ1) is 23.7. The summed E-state index contributed by atoms with van der Waals surface area (Å²) in [5, 5.41) is 8.43. The monoisotopic (exact) mass is 324 g/mol. The second-order valence-corrected chi connectivity index (χ2v) is 5.77. The Morgan fingerprint density at radius 1 is 0.810 bits per heavy atom. The predicted octanol–water partition coefficient (Wildman–Crippen LogP) is 5.95. The Labute approximate surface area is 164 Å². The summed E-state index contributed by atoms with van der Waals surface area (Å²) in [6.07, 6.45) is 21.6. The van der Waals surface area contributed by atoms with Crippen molar-refractivity contribution in [1.82, 2.24) is 0 Å². The third-order valence-corrected chi connectivity index (χ3v) is 3.73. The Morgan fingerprint density at radius 3 is 1.57 bits per heavy atom. The molecule has 0 atom stereocenters. The van der Waals surface area contributed by atoms with Gasteiger partial charge in [0.1, 0.15) is 0 Å². The minimum Gasteiger partial charge on any atom is -1.00 e. The molecule has 0 radical (unpaired) electrons. The van der Waals surface area contributed by atoms with Crippen molar-refractivity contribution in [2.75, 3.05) is 0 Å². The van der Waals surface area contributed by atoms with Gasteiger partial charge in [-0.15, -0.1) is 0 Å². The molecule has 1 N–H and O–H groups in total. The predicted molar refractivity (Wildman–Crippen MR) is 95.1 cm³/mol. The molecule has 0 unspecified atom stereocenters. The van der Waals surface area contributed by atoms with E-state index in [2.05, 4.69) is 6.92 Å². The number of hydrogen-bond donors (Lipinski definition) is 1. The van der Waals surface area contributed by atoms with Gasteiger partial charge in [0.15, 0.2) is 0 Å². The van der Waals surface area contributed by atoms with E-state index in [4.69, 9.17) is 5.11 Å². The van der Waals surface area contributed by atoms with E-state index in [1.165, 1.54) is 83.1 Å². The van der Waals surface area contributed by atoms with Gasteiger partial charge >= 0.3 is 43.7 Å². The van der Waals surface area contributed by atoms with Crippen molar-refractivity contribution in [3.63, 3.8) is 0 Å². The molecule has 0 spiro atoms. The number of aliphatic carboxylic acids is 1. The number of carbonyl (C=O) groups is 1. The van der Waals surface area contributed by atoms with Gasteiger partial charge in [-0.2, -0.15) is 0 Å². The minimum absolute atomic E-state index is 0. The molecular formula is C18H36CaO2. The first-order valence-electron chi connectivity index (χ1n) is 8.67. The summed E-state index contributed by atoms with van der Waals surface area (Å²) in [5.41, 5.74) is 0. The fourth-order valence-electron chi connectivity index (χ4n) is 2.46. The van der Waals surface area contributed by atoms with Gasteiger partial charge in [-0.05, 0) is 12.8 Å². The van der Waals surface area contributed by atoms with Crippen molar-refractivity contribution in [3.05, 3.63) is 12.2 Å². The van der Waals surface area contributed by atoms with E-state index in [0.29, 0.717) is 0 Å². The zero-order chi connectivity index (χ0) is 14.9. The molecular weight excluding hydrogens is 288 g/mol. The molecule has 122 valence electrons. The Morgan fingerprint density at radius 2 is 1.19 bits per heavy atom. The quantitative estimate of drug-likeness (QED) is 0.229. The van der Waals surface area contributed by atoms with Crippen molar-refractivity contribution in [3.8, 4) is 0 Å². The molecule has 0 aliphatic rings. The first-order chi connectivity index (χ1) is 9.77. The average Bonchev–Trinajstić information content (AvgIpc) is 2.43. The molecule has 0 fully saturated rings. The van der Waals surface area contributed by atoms with Crippen LogP contribution >= 0.6 is 0 Å². The van der Waals surface area contributed by atoms with Crippen LogP contribution in [0.1, 0.15) is 99.7 Å². The van der Waals surface area contributed by atoms with Crippen molar-refractivity contribution >= 4 is 43.7 Å². The van der Waals surface area contributed by atoms with E-state index in [1.807, 2.05) is 0 Å². The van der Waals surface area contributed by atoms with Gasteiger partial charge in [-0.1, -0.05) is 90.0 Å². The molecule has 0 aromatic carbocycles. The molecule has 0 aliphatic heterocycles. The summed E-state index contributed by atoms with van der Waals surface area (Å²) in [4.78, 5) is 10.2. The Kier molecular flexibility index (Phi) is 23.1. The van der Waals surface area contributed by atoms with E-state index >= 15 is 0 Å². The van der Waals surface area contributed by atoms with Crippen LogP contribution in [-0.4, -0.2) is 48.8 Å². The molecule has 3 heteroatoms. The number of carboxylic acids is 1. The van der Waals surface area contributed by atoms with E-state index in [-0.39, 0.29) is 40.6 Å². The van der Waals surface area contributed by atoms with Gasteiger partial charge in [0.05, 0.1) is 0 Å². The zero-order valence-corrected chi connectivity index (χ0v) is 16.3. The molecule has 0 heterocycles. The second-order valence-electron chi connectivity index (χ2n) is 5.77. The molecule has 0 saturated carbocycles. The summed E-state index contributed by atoms with van der Waals surface area (Å²) < 4.78 is 0. The van der Waals surface area contributed by atoms with Crippen LogP contribution in [0.25, 0.3) is 0 Å². The van der Waals surface area contributed by atoms with E-state index in [1.54, 1.807) is 6.08 Å². The minimum atomic E-state index is -0.834. The van der Waals surface area contributed by atoms with Gasteiger partial charge in [-0.25, -0.2) is 4.79 Å². The van der Waals surface area contributed by atoms with Crippen LogP contribution in [0.3, 0.4) is 0 Å². The smallest absolute Gasteiger partial charge is 1.00 e.